The minimum atomic E-state index is -0.313. The number of aromatic nitrogens is 1. The first-order chi connectivity index (χ1) is 14.2. The van der Waals surface area contributed by atoms with Crippen molar-refractivity contribution in [3.05, 3.63) is 53.7 Å². The Morgan fingerprint density at radius 2 is 2.00 bits per heavy atom. The zero-order valence-electron chi connectivity index (χ0n) is 16.9. The zero-order valence-corrected chi connectivity index (χ0v) is 16.9. The van der Waals surface area contributed by atoms with Crippen LogP contribution in [0.25, 0.3) is 0 Å². The minimum absolute atomic E-state index is 0.0197. The SMILES string of the molecule is CCc1ccccc1N1CC(C(=O)NCc2ccnc(N3CCCC3)c2)CC1=O. The summed E-state index contributed by atoms with van der Waals surface area (Å²) >= 11 is 0. The van der Waals surface area contributed by atoms with E-state index in [2.05, 4.69) is 28.2 Å². The third-order valence-electron chi connectivity index (χ3n) is 5.87. The fourth-order valence-corrected chi connectivity index (χ4v) is 4.21. The Bertz CT molecular complexity index is 892. The Labute approximate surface area is 171 Å². The van der Waals surface area contributed by atoms with Gasteiger partial charge in [-0.05, 0) is 48.6 Å². The van der Waals surface area contributed by atoms with Crippen LogP contribution in [-0.2, 0) is 22.6 Å². The largest absolute Gasteiger partial charge is 0.357 e. The molecule has 0 aliphatic carbocycles. The van der Waals surface area contributed by atoms with E-state index in [1.54, 1.807) is 11.1 Å². The number of amides is 2. The molecule has 2 saturated heterocycles. The molecule has 6 heteroatoms. The summed E-state index contributed by atoms with van der Waals surface area (Å²) in [5.41, 5.74) is 3.10. The number of hydrogen-bond acceptors (Lipinski definition) is 4. The van der Waals surface area contributed by atoms with Crippen LogP contribution in [0.5, 0.6) is 0 Å². The molecule has 29 heavy (non-hydrogen) atoms. The highest BCUT2D eigenvalue weighted by Gasteiger charge is 2.35. The van der Waals surface area contributed by atoms with Gasteiger partial charge in [0, 0.05) is 44.5 Å². The number of nitrogens with one attached hydrogen (secondary N) is 1. The summed E-state index contributed by atoms with van der Waals surface area (Å²) < 4.78 is 0. The molecule has 1 atom stereocenters. The van der Waals surface area contributed by atoms with Gasteiger partial charge in [-0.25, -0.2) is 4.98 Å². The molecule has 0 bridgehead atoms. The van der Waals surface area contributed by atoms with Gasteiger partial charge < -0.3 is 15.1 Å². The Balaban J connectivity index is 1.37. The second kappa shape index (κ2) is 8.64. The van der Waals surface area contributed by atoms with Gasteiger partial charge >= 0.3 is 0 Å². The molecule has 0 spiro atoms. The Morgan fingerprint density at radius 3 is 2.79 bits per heavy atom. The number of aryl methyl sites for hydroxylation is 1. The summed E-state index contributed by atoms with van der Waals surface area (Å²) in [4.78, 5) is 33.8. The first kappa shape index (κ1) is 19.4. The molecule has 1 aromatic carbocycles. The number of anilines is 2. The van der Waals surface area contributed by atoms with Gasteiger partial charge in [-0.2, -0.15) is 0 Å². The Hall–Kier alpha value is -2.89. The third-order valence-corrected chi connectivity index (χ3v) is 5.87. The number of carbonyl (C=O) groups excluding carboxylic acids is 2. The molecule has 1 N–H and O–H groups in total. The highest BCUT2D eigenvalue weighted by Crippen LogP contribution is 2.28. The van der Waals surface area contributed by atoms with Gasteiger partial charge in [0.2, 0.25) is 11.8 Å². The molecule has 2 aliphatic heterocycles. The second-order valence-electron chi connectivity index (χ2n) is 7.82. The van der Waals surface area contributed by atoms with Crippen molar-refractivity contribution in [2.24, 2.45) is 5.92 Å². The second-order valence-corrected chi connectivity index (χ2v) is 7.82. The van der Waals surface area contributed by atoms with E-state index in [0.717, 1.165) is 42.1 Å². The van der Waals surface area contributed by atoms with Crippen LogP contribution in [0, 0.1) is 5.92 Å². The quantitative estimate of drug-likeness (QED) is 0.821. The van der Waals surface area contributed by atoms with E-state index in [1.165, 1.54) is 12.8 Å². The molecular formula is C23H28N4O2. The van der Waals surface area contributed by atoms with E-state index < -0.39 is 0 Å². The summed E-state index contributed by atoms with van der Waals surface area (Å²) in [7, 11) is 0. The molecule has 6 nitrogen and oxygen atoms in total. The highest BCUT2D eigenvalue weighted by molar-refractivity contribution is 6.00. The standard InChI is InChI=1S/C23H28N4O2/c1-2-18-7-3-4-8-20(18)27-16-19(14-22(27)28)23(29)25-15-17-9-10-24-21(13-17)26-11-5-6-12-26/h3-4,7-10,13,19H,2,5-6,11-12,14-16H2,1H3,(H,25,29). The number of rotatable bonds is 6. The number of hydrogen-bond donors (Lipinski definition) is 1. The molecule has 1 unspecified atom stereocenters. The first-order valence-electron chi connectivity index (χ1n) is 10.5. The molecule has 2 amide bonds. The van der Waals surface area contributed by atoms with Crippen LogP contribution < -0.4 is 15.1 Å². The minimum Gasteiger partial charge on any atom is -0.357 e. The third kappa shape index (κ3) is 4.26. The van der Waals surface area contributed by atoms with E-state index in [1.807, 2.05) is 30.3 Å². The lowest BCUT2D eigenvalue weighted by Crippen LogP contribution is -2.33. The van der Waals surface area contributed by atoms with E-state index in [9.17, 15) is 9.59 Å². The zero-order chi connectivity index (χ0) is 20.2. The Kier molecular flexibility index (Phi) is 5.79. The fourth-order valence-electron chi connectivity index (χ4n) is 4.21. The summed E-state index contributed by atoms with van der Waals surface area (Å²) in [5.74, 6) is 0.626. The number of para-hydroxylation sites is 1. The van der Waals surface area contributed by atoms with Crippen LogP contribution in [0.2, 0.25) is 0 Å². The topological polar surface area (TPSA) is 65.5 Å². The van der Waals surface area contributed by atoms with Crippen LogP contribution >= 0.6 is 0 Å². The van der Waals surface area contributed by atoms with Crippen molar-refractivity contribution in [1.29, 1.82) is 0 Å². The lowest BCUT2D eigenvalue weighted by molar-refractivity contribution is -0.126. The molecule has 2 fully saturated rings. The van der Waals surface area contributed by atoms with Crippen molar-refractivity contribution >= 4 is 23.3 Å². The molecule has 0 saturated carbocycles. The van der Waals surface area contributed by atoms with Crippen molar-refractivity contribution in [1.82, 2.24) is 10.3 Å². The van der Waals surface area contributed by atoms with Crippen molar-refractivity contribution in [3.8, 4) is 0 Å². The van der Waals surface area contributed by atoms with Crippen molar-refractivity contribution < 1.29 is 9.59 Å². The molecule has 3 heterocycles. The summed E-state index contributed by atoms with van der Waals surface area (Å²) in [6, 6.07) is 11.9. The van der Waals surface area contributed by atoms with E-state index in [-0.39, 0.29) is 24.2 Å². The smallest absolute Gasteiger partial charge is 0.227 e. The highest BCUT2D eigenvalue weighted by atomic mass is 16.2. The maximum atomic E-state index is 12.7. The molecule has 2 aromatic rings. The number of pyridine rings is 1. The van der Waals surface area contributed by atoms with Crippen LogP contribution in [0.3, 0.4) is 0 Å². The molecule has 152 valence electrons. The van der Waals surface area contributed by atoms with Gasteiger partial charge in [-0.1, -0.05) is 25.1 Å². The normalized spacial score (nSPS) is 19.1. The van der Waals surface area contributed by atoms with Crippen molar-refractivity contribution in [2.75, 3.05) is 29.4 Å². The number of carbonyl (C=O) groups is 2. The van der Waals surface area contributed by atoms with Crippen molar-refractivity contribution in [3.63, 3.8) is 0 Å². The summed E-state index contributed by atoms with van der Waals surface area (Å²) in [6.45, 7) is 5.06. The molecule has 4 rings (SSSR count). The predicted molar refractivity (Wildman–Crippen MR) is 114 cm³/mol. The van der Waals surface area contributed by atoms with E-state index in [4.69, 9.17) is 0 Å². The maximum absolute atomic E-state index is 12.7. The van der Waals surface area contributed by atoms with Gasteiger partial charge in [-0.15, -0.1) is 0 Å². The predicted octanol–water partition coefficient (Wildman–Crippen LogP) is 2.91. The van der Waals surface area contributed by atoms with E-state index >= 15 is 0 Å². The lowest BCUT2D eigenvalue weighted by Gasteiger charge is -2.20. The Morgan fingerprint density at radius 1 is 1.21 bits per heavy atom. The lowest BCUT2D eigenvalue weighted by atomic mass is 10.1. The van der Waals surface area contributed by atoms with Gasteiger partial charge in [0.15, 0.2) is 0 Å². The molecule has 2 aliphatic rings. The van der Waals surface area contributed by atoms with Gasteiger partial charge in [0.05, 0.1) is 5.92 Å². The van der Waals surface area contributed by atoms with Gasteiger partial charge in [0.1, 0.15) is 5.82 Å². The number of nitrogens with zero attached hydrogens (tertiary/aromatic N) is 3. The maximum Gasteiger partial charge on any atom is 0.227 e. The number of benzene rings is 1. The van der Waals surface area contributed by atoms with Gasteiger partial charge in [0.25, 0.3) is 0 Å². The van der Waals surface area contributed by atoms with E-state index in [0.29, 0.717) is 13.1 Å². The average molecular weight is 393 g/mol. The first-order valence-corrected chi connectivity index (χ1v) is 10.5. The van der Waals surface area contributed by atoms with Crippen LogP contribution in [-0.4, -0.2) is 36.4 Å². The summed E-state index contributed by atoms with van der Waals surface area (Å²) in [5, 5.41) is 3.02. The molecule has 0 radical (unpaired) electrons. The molecule has 1 aromatic heterocycles. The van der Waals surface area contributed by atoms with Crippen molar-refractivity contribution in [2.45, 2.75) is 39.2 Å². The van der Waals surface area contributed by atoms with Crippen LogP contribution in [0.4, 0.5) is 11.5 Å². The fraction of sp³-hybridized carbons (Fsp3) is 0.435. The average Bonchev–Trinajstić information content (AvgIpc) is 3.42. The van der Waals surface area contributed by atoms with Gasteiger partial charge in [-0.3, -0.25) is 9.59 Å². The van der Waals surface area contributed by atoms with Crippen LogP contribution in [0.15, 0.2) is 42.6 Å². The summed E-state index contributed by atoms with van der Waals surface area (Å²) in [6.07, 6.45) is 5.33. The monoisotopic (exact) mass is 392 g/mol. The molecular weight excluding hydrogens is 364 g/mol. The van der Waals surface area contributed by atoms with Crippen LogP contribution in [0.1, 0.15) is 37.3 Å².